The standard InChI is InChI=1S/C47H67N17O35P6/c1-59(2)46-57-40-27(41(68)58-46)60(3)19-64(40)42-29(67)28(66)20(92-42)11-91-105(81,82)99-104(79,80)87-10-9-86-101(73,74)88-12-22-32(35(85-6)45(95-22)63-18-55-26-37(49)51-16-53-39(26)63)98-103(77,78)90-14-23-31(34(84-5)43(93-23)61-8-7-24(65)56-47(61)69)97-102(75,76)89-13-21-30(96-100(70,71)72)33(83-4)44(94-21)62-17-54-25-36(48)50-15-52-38(25)62/h7-8,15-23,28-35,42-45,66-67H,9-14H2,1-6H3,(H12-,48,49,50,51,52,53,56,57,58,65,68,69,70,71,72,73,74,75,76,77,78,79,80,81,82)/p+1/t20-,21-,22-,23-,28-,29-,30-,31-,32-,33-,34-,35-,42-,43-,44-,45-/m1/s1. The van der Waals surface area contributed by atoms with Crippen LogP contribution in [-0.4, -0.2) is 256 Å². The smallest absolute Gasteiger partial charge is 0.434 e. The maximum absolute atomic E-state index is 14.4. The number of aliphatic hydroxyl groups excluding tert-OH is 2. The molecule has 0 aliphatic carbocycles. The molecule has 105 heavy (non-hydrogen) atoms. The Kier molecular flexibility index (Phi) is 24.7. The zero-order chi connectivity index (χ0) is 76.2. The highest BCUT2D eigenvalue weighted by Crippen LogP contribution is 2.65. The van der Waals surface area contributed by atoms with Gasteiger partial charge in [-0.05, 0) is 0 Å². The molecule has 7 aromatic rings. The second-order valence-electron chi connectivity index (χ2n) is 23.1. The number of rotatable bonds is 33. The zero-order valence-electron chi connectivity index (χ0n) is 54.8. The number of fused-ring (bicyclic) bond motifs is 3. The molecule has 58 heteroatoms. The lowest BCUT2D eigenvalue weighted by Gasteiger charge is -2.30. The van der Waals surface area contributed by atoms with Gasteiger partial charge < -0.3 is 89.1 Å². The molecule has 0 saturated carbocycles. The molecule has 7 aromatic heterocycles. The molecule has 4 saturated heterocycles. The maximum atomic E-state index is 14.4. The third kappa shape index (κ3) is 18.2. The molecule has 15 N–H and O–H groups in total. The summed E-state index contributed by atoms with van der Waals surface area (Å²) < 4.78 is 97.2. The van der Waals surface area contributed by atoms with E-state index in [4.69, 9.17) is 80.8 Å². The van der Waals surface area contributed by atoms with Crippen LogP contribution in [0.25, 0.3) is 33.5 Å². The fraction of sp³-hybridized carbons (Fsp3) is 0.596. The summed E-state index contributed by atoms with van der Waals surface area (Å²) in [6, 6.07) is 0.878. The van der Waals surface area contributed by atoms with Crippen LogP contribution in [0, 0.1) is 0 Å². The van der Waals surface area contributed by atoms with E-state index in [-0.39, 0.29) is 51.1 Å². The van der Waals surface area contributed by atoms with Gasteiger partial charge in [0.25, 0.3) is 17.1 Å². The summed E-state index contributed by atoms with van der Waals surface area (Å²) in [7, 11) is -25.7. The quantitative estimate of drug-likeness (QED) is 0.0103. The van der Waals surface area contributed by atoms with Crippen molar-refractivity contribution in [3.8, 4) is 0 Å². The number of hydrogen-bond donors (Lipinski definition) is 13. The highest BCUT2D eigenvalue weighted by Gasteiger charge is 2.59. The first-order valence-corrected chi connectivity index (χ1v) is 39.1. The number of nitrogen functional groups attached to an aromatic ring is 2. The molecule has 52 nitrogen and oxygen atoms in total. The number of aryl methyl sites for hydroxylation is 1. The lowest BCUT2D eigenvalue weighted by atomic mass is 10.1. The number of imidazole rings is 3. The van der Waals surface area contributed by atoms with Gasteiger partial charge in [-0.3, -0.25) is 37.8 Å². The third-order valence-corrected chi connectivity index (χ3v) is 22.2. The molecule has 0 radical (unpaired) electrons. The number of nitrogens with two attached hydrogens (primary N) is 2. The van der Waals surface area contributed by atoms with Crippen molar-refractivity contribution in [2.45, 2.75) is 98.2 Å². The van der Waals surface area contributed by atoms with Gasteiger partial charge in [0.1, 0.15) is 118 Å². The van der Waals surface area contributed by atoms with Crippen LogP contribution in [0.2, 0.25) is 0 Å². The van der Waals surface area contributed by atoms with E-state index in [1.165, 1.54) is 42.9 Å². The minimum atomic E-state index is -5.72. The first-order chi connectivity index (χ1) is 49.3. The van der Waals surface area contributed by atoms with Crippen LogP contribution in [0.15, 0.2) is 58.3 Å². The van der Waals surface area contributed by atoms with Gasteiger partial charge in [-0.15, -0.1) is 0 Å². The summed E-state index contributed by atoms with van der Waals surface area (Å²) in [5.74, 6) is -0.0706. The van der Waals surface area contributed by atoms with Gasteiger partial charge in [0.2, 0.25) is 11.7 Å². The van der Waals surface area contributed by atoms with E-state index in [1.807, 2.05) is 4.98 Å². The van der Waals surface area contributed by atoms with Crippen LogP contribution in [0.1, 0.15) is 24.9 Å². The van der Waals surface area contributed by atoms with Gasteiger partial charge >= 0.3 is 60.4 Å². The predicted molar refractivity (Wildman–Crippen MR) is 335 cm³/mol. The number of ether oxygens (including phenoxy) is 7. The predicted octanol–water partition coefficient (Wildman–Crippen LogP) is -10.2. The van der Waals surface area contributed by atoms with Crippen molar-refractivity contribution in [1.29, 1.82) is 0 Å². The van der Waals surface area contributed by atoms with Gasteiger partial charge in [-0.1, -0.05) is 4.98 Å². The highest BCUT2D eigenvalue weighted by atomic mass is 31.3. The van der Waals surface area contributed by atoms with Crippen molar-refractivity contribution in [2.75, 3.05) is 91.4 Å². The molecule has 4 fully saturated rings. The van der Waals surface area contributed by atoms with Crippen molar-refractivity contribution in [2.24, 2.45) is 7.05 Å². The van der Waals surface area contributed by atoms with E-state index in [1.54, 1.807) is 14.1 Å². The summed E-state index contributed by atoms with van der Waals surface area (Å²) >= 11 is 0. The van der Waals surface area contributed by atoms with Crippen LogP contribution in [0.4, 0.5) is 17.6 Å². The molecule has 0 amide bonds. The Morgan fingerprint density at radius 1 is 0.571 bits per heavy atom. The summed E-state index contributed by atoms with van der Waals surface area (Å²) in [5, 5.41) is 21.8. The molecule has 0 spiro atoms. The molecule has 0 aromatic carbocycles. The maximum Gasteiger partial charge on any atom is 0.434 e. The van der Waals surface area contributed by atoms with Crippen molar-refractivity contribution >= 4 is 100 Å². The third-order valence-electron chi connectivity index (χ3n) is 16.1. The Morgan fingerprint density at radius 3 is 1.50 bits per heavy atom. The van der Waals surface area contributed by atoms with E-state index in [9.17, 15) is 88.2 Å². The second kappa shape index (κ2) is 32.0. The number of H-pyrrole nitrogens is 2. The average Bonchev–Trinajstić information content (AvgIpc) is 1.63. The van der Waals surface area contributed by atoms with Crippen LogP contribution in [0.3, 0.4) is 0 Å². The van der Waals surface area contributed by atoms with E-state index >= 15 is 0 Å². The molecule has 4 aliphatic heterocycles. The number of phosphoric ester groups is 6. The van der Waals surface area contributed by atoms with Gasteiger partial charge in [0.15, 0.2) is 66.3 Å². The summed E-state index contributed by atoms with van der Waals surface area (Å²) in [5.41, 5.74) is 9.54. The Bertz CT molecular complexity index is 4360. The van der Waals surface area contributed by atoms with E-state index in [2.05, 4.69) is 48.7 Å². The number of phosphoric acid groups is 6. The van der Waals surface area contributed by atoms with Gasteiger partial charge in [-0.2, -0.15) is 75.0 Å². The largest absolute Gasteiger partial charge is 0.606 e. The molecule has 5 unspecified atom stereocenters. The molecule has 4 aliphatic rings. The lowest BCUT2D eigenvalue weighted by molar-refractivity contribution is -0.745. The SMILES string of the molecule is CO[C@@H]1[C@H](O[P+]([O-])(O)OC[C@H]2O[C@@H](n3cnc4c(N)ncnc43)[C@H](OC)[C@@H]2O[P+]([O-])(O)O)[C@@H](CO[P+]([O-])(O)O[C@H]2[C@@H](OC)[C@H](n3cnc4c(N)ncnc43)O[C@@H]2CO[P+]([O-])(O)OCCO[P+]([O-])(O)O[P+]([O-])(O)OC[C@H]2O[C@@H]([n+]3cn(C)c4c(=O)[nH]c(N(C)C)nc43)[C@H](O)[C@@H]2O)O[C@H]1n1ccc(=O)[nH]c1=O. The van der Waals surface area contributed by atoms with Crippen molar-refractivity contribution < 1.29 is 157 Å². The topological polar surface area (TPSA) is 729 Å². The van der Waals surface area contributed by atoms with Crippen LogP contribution < -0.4 is 67.1 Å². The van der Waals surface area contributed by atoms with Gasteiger partial charge in [0.05, 0.1) is 19.7 Å². The number of aliphatic hydroxyl groups is 2. The lowest BCUT2D eigenvalue weighted by Crippen LogP contribution is -2.46. The highest BCUT2D eigenvalue weighted by molar-refractivity contribution is 7.66. The number of hydrogen-bond acceptors (Lipinski definition) is 45. The number of anilines is 3. The first kappa shape index (κ1) is 80.8. The summed E-state index contributed by atoms with van der Waals surface area (Å²) in [4.78, 5) is 228. The van der Waals surface area contributed by atoms with Crippen molar-refractivity contribution in [3.63, 3.8) is 0 Å². The monoisotopic (exact) mass is 1620 g/mol. The minimum Gasteiger partial charge on any atom is -0.606 e. The van der Waals surface area contributed by atoms with E-state index < -0.39 is 204 Å². The average molecular weight is 1620 g/mol. The molecule has 0 bridgehead atoms. The molecular formula is C47H68N17O35P6+. The number of methoxy groups -OCH3 is 3. The summed E-state index contributed by atoms with van der Waals surface area (Å²) in [6.45, 7) is -6.85. The van der Waals surface area contributed by atoms with Crippen LogP contribution in [0.5, 0.6) is 0 Å². The first-order valence-electron chi connectivity index (χ1n) is 30.1. The molecule has 11 rings (SSSR count). The van der Waals surface area contributed by atoms with Crippen LogP contribution in [-0.2, 0) is 85.2 Å². The van der Waals surface area contributed by atoms with Crippen molar-refractivity contribution in [3.05, 3.63) is 75.1 Å². The zero-order valence-corrected chi connectivity index (χ0v) is 60.2. The molecule has 580 valence electrons. The molecule has 11 heterocycles. The molecule has 21 atom stereocenters. The number of nitrogens with zero attached hydrogens (tertiary/aromatic N) is 13. The fourth-order valence-corrected chi connectivity index (χ4v) is 16.8. The molecular weight excluding hydrogens is 1550 g/mol. The Morgan fingerprint density at radius 2 is 1.02 bits per heavy atom. The fourth-order valence-electron chi connectivity index (χ4n) is 11.5. The number of aromatic nitrogens is 14. The minimum absolute atomic E-state index is 0.00238. The Balaban J connectivity index is 0.746. The van der Waals surface area contributed by atoms with Crippen LogP contribution >= 0.6 is 49.0 Å². The number of nitrogens with one attached hydrogen (secondary N) is 2. The van der Waals surface area contributed by atoms with E-state index in [0.29, 0.717) is 0 Å². The second-order valence-corrected chi connectivity index (χ2v) is 31.6. The summed E-state index contributed by atoms with van der Waals surface area (Å²) in [6.07, 6.45) is -20.7. The normalized spacial score (nSPS) is 29.6. The van der Waals surface area contributed by atoms with Gasteiger partial charge in [0, 0.05) is 52.0 Å². The Hall–Kier alpha value is -5.17. The van der Waals surface area contributed by atoms with Gasteiger partial charge in [-0.25, -0.2) is 39.3 Å². The Labute approximate surface area is 589 Å². The van der Waals surface area contributed by atoms with Crippen molar-refractivity contribution in [1.82, 2.24) is 63.1 Å². The van der Waals surface area contributed by atoms with E-state index in [0.717, 1.165) is 57.1 Å². The number of aromatic amines is 2.